The van der Waals surface area contributed by atoms with Crippen LogP contribution in [0.1, 0.15) is 31.4 Å². The minimum atomic E-state index is 0.421. The van der Waals surface area contributed by atoms with Gasteiger partial charge in [0.15, 0.2) is 0 Å². The summed E-state index contributed by atoms with van der Waals surface area (Å²) in [6.45, 7) is 0. The molecule has 1 aromatic rings. The molecular weight excluding hydrogens is 198 g/mol. The lowest BCUT2D eigenvalue weighted by molar-refractivity contribution is 0.458. The van der Waals surface area contributed by atoms with Crippen LogP contribution in [0.5, 0.6) is 0 Å². The molecule has 16 heavy (non-hydrogen) atoms. The van der Waals surface area contributed by atoms with E-state index in [0.717, 1.165) is 30.6 Å². The molecule has 88 valence electrons. The van der Waals surface area contributed by atoms with Gasteiger partial charge < -0.3 is 5.73 Å². The van der Waals surface area contributed by atoms with Gasteiger partial charge in [0.1, 0.15) is 0 Å². The smallest absolute Gasteiger partial charge is 0.0492 e. The van der Waals surface area contributed by atoms with Gasteiger partial charge in [0, 0.05) is 25.0 Å². The van der Waals surface area contributed by atoms with E-state index in [1.54, 1.807) is 0 Å². The number of aryl methyl sites for hydroxylation is 2. The molecule has 2 aliphatic carbocycles. The van der Waals surface area contributed by atoms with Gasteiger partial charge in [0.2, 0.25) is 0 Å². The van der Waals surface area contributed by atoms with Crippen molar-refractivity contribution in [1.82, 2.24) is 9.78 Å². The third kappa shape index (κ3) is 1.67. The van der Waals surface area contributed by atoms with Gasteiger partial charge in [0.25, 0.3) is 0 Å². The molecule has 1 heterocycles. The van der Waals surface area contributed by atoms with Gasteiger partial charge in [0.05, 0.1) is 0 Å². The standard InChI is InChI=1S/C13H21N3/c1-16-9(7-8-15-16)5-6-12(14)13-10-3-2-4-11(10)13/h7-8,10-13H,2-6,14H2,1H3. The maximum atomic E-state index is 6.31. The lowest BCUT2D eigenvalue weighted by Crippen LogP contribution is -2.25. The van der Waals surface area contributed by atoms with Crippen LogP contribution in [-0.2, 0) is 13.5 Å². The van der Waals surface area contributed by atoms with Gasteiger partial charge in [-0.15, -0.1) is 0 Å². The summed E-state index contributed by atoms with van der Waals surface area (Å²) in [5.74, 6) is 2.82. The maximum Gasteiger partial charge on any atom is 0.0492 e. The maximum absolute atomic E-state index is 6.31. The molecule has 0 amide bonds. The zero-order valence-corrected chi connectivity index (χ0v) is 9.97. The number of rotatable bonds is 4. The van der Waals surface area contributed by atoms with Gasteiger partial charge >= 0.3 is 0 Å². The Bertz CT molecular complexity index is 361. The van der Waals surface area contributed by atoms with Crippen LogP contribution in [0, 0.1) is 17.8 Å². The zero-order valence-electron chi connectivity index (χ0n) is 9.97. The molecule has 3 rings (SSSR count). The Hall–Kier alpha value is -0.830. The summed E-state index contributed by atoms with van der Waals surface area (Å²) >= 11 is 0. The molecule has 3 nitrogen and oxygen atoms in total. The van der Waals surface area contributed by atoms with Crippen molar-refractivity contribution < 1.29 is 0 Å². The molecule has 0 aliphatic heterocycles. The highest BCUT2D eigenvalue weighted by molar-refractivity contribution is 5.07. The SMILES string of the molecule is Cn1nccc1CCC(N)C1C2CCCC21. The van der Waals surface area contributed by atoms with E-state index in [0.29, 0.717) is 6.04 Å². The van der Waals surface area contributed by atoms with E-state index < -0.39 is 0 Å². The first-order chi connectivity index (χ1) is 7.77. The van der Waals surface area contributed by atoms with Crippen molar-refractivity contribution in [3.63, 3.8) is 0 Å². The van der Waals surface area contributed by atoms with Crippen LogP contribution in [0.3, 0.4) is 0 Å². The summed E-state index contributed by atoms with van der Waals surface area (Å²) in [6.07, 6.45) is 8.39. The first-order valence-corrected chi connectivity index (χ1v) is 6.50. The molecule has 0 aromatic carbocycles. The number of nitrogens with zero attached hydrogens (tertiary/aromatic N) is 2. The van der Waals surface area contributed by atoms with Crippen molar-refractivity contribution in [3.05, 3.63) is 18.0 Å². The van der Waals surface area contributed by atoms with Crippen molar-refractivity contribution in [2.45, 2.75) is 38.1 Å². The van der Waals surface area contributed by atoms with Crippen molar-refractivity contribution in [3.8, 4) is 0 Å². The second-order valence-electron chi connectivity index (χ2n) is 5.48. The van der Waals surface area contributed by atoms with E-state index in [2.05, 4.69) is 11.2 Å². The van der Waals surface area contributed by atoms with Gasteiger partial charge in [-0.1, -0.05) is 6.42 Å². The Labute approximate surface area is 97.0 Å². The molecule has 3 unspecified atom stereocenters. The molecule has 2 fully saturated rings. The van der Waals surface area contributed by atoms with E-state index >= 15 is 0 Å². The van der Waals surface area contributed by atoms with Gasteiger partial charge in [-0.3, -0.25) is 4.68 Å². The highest BCUT2D eigenvalue weighted by Gasteiger charge is 2.54. The number of nitrogens with two attached hydrogens (primary N) is 1. The Morgan fingerprint density at radius 3 is 2.88 bits per heavy atom. The molecule has 0 spiro atoms. The third-order valence-corrected chi connectivity index (χ3v) is 4.62. The Morgan fingerprint density at radius 2 is 2.25 bits per heavy atom. The minimum Gasteiger partial charge on any atom is -0.327 e. The summed E-state index contributed by atoms with van der Waals surface area (Å²) in [7, 11) is 2.01. The fourth-order valence-corrected chi connectivity index (χ4v) is 3.67. The number of hydrogen-bond acceptors (Lipinski definition) is 2. The summed E-state index contributed by atoms with van der Waals surface area (Å²) in [6, 6.07) is 2.52. The van der Waals surface area contributed by atoms with Gasteiger partial charge in [-0.05, 0) is 49.5 Å². The molecule has 2 N–H and O–H groups in total. The molecule has 2 aliphatic rings. The lowest BCUT2D eigenvalue weighted by Gasteiger charge is -2.13. The van der Waals surface area contributed by atoms with Crippen LogP contribution < -0.4 is 5.73 Å². The average Bonchev–Trinajstić information content (AvgIpc) is 2.67. The topological polar surface area (TPSA) is 43.8 Å². The number of hydrogen-bond donors (Lipinski definition) is 1. The van der Waals surface area contributed by atoms with Crippen LogP contribution in [0.25, 0.3) is 0 Å². The zero-order chi connectivity index (χ0) is 11.1. The third-order valence-electron chi connectivity index (χ3n) is 4.62. The predicted octanol–water partition coefficient (Wildman–Crippen LogP) is 1.73. The highest BCUT2D eigenvalue weighted by Crippen LogP contribution is 2.59. The van der Waals surface area contributed by atoms with Crippen molar-refractivity contribution in [2.75, 3.05) is 0 Å². The second kappa shape index (κ2) is 3.88. The summed E-state index contributed by atoms with van der Waals surface area (Å²) < 4.78 is 1.96. The fourth-order valence-electron chi connectivity index (χ4n) is 3.67. The first kappa shape index (κ1) is 10.3. The first-order valence-electron chi connectivity index (χ1n) is 6.50. The number of fused-ring (bicyclic) bond motifs is 1. The van der Waals surface area contributed by atoms with Crippen LogP contribution in [0.4, 0.5) is 0 Å². The molecular formula is C13H21N3. The molecule has 1 aromatic heterocycles. The minimum absolute atomic E-state index is 0.421. The lowest BCUT2D eigenvalue weighted by atomic mass is 10.00. The molecule has 0 saturated heterocycles. The molecule has 0 radical (unpaired) electrons. The molecule has 2 saturated carbocycles. The summed E-state index contributed by atoms with van der Waals surface area (Å²) in [5, 5.41) is 4.19. The normalized spacial score (nSPS) is 33.8. The fraction of sp³-hybridized carbons (Fsp3) is 0.769. The van der Waals surface area contributed by atoms with Gasteiger partial charge in [-0.2, -0.15) is 5.10 Å². The Kier molecular flexibility index (Phi) is 2.51. The second-order valence-corrected chi connectivity index (χ2v) is 5.48. The van der Waals surface area contributed by atoms with Crippen LogP contribution >= 0.6 is 0 Å². The van der Waals surface area contributed by atoms with E-state index in [-0.39, 0.29) is 0 Å². The molecule has 3 atom stereocenters. The predicted molar refractivity (Wildman–Crippen MR) is 63.8 cm³/mol. The summed E-state index contributed by atoms with van der Waals surface area (Å²) in [5.41, 5.74) is 7.61. The Morgan fingerprint density at radius 1 is 1.50 bits per heavy atom. The van der Waals surface area contributed by atoms with Gasteiger partial charge in [-0.25, -0.2) is 0 Å². The van der Waals surface area contributed by atoms with Crippen LogP contribution in [0.15, 0.2) is 12.3 Å². The van der Waals surface area contributed by atoms with Crippen molar-refractivity contribution in [2.24, 2.45) is 30.5 Å². The molecule has 0 bridgehead atoms. The van der Waals surface area contributed by atoms with Crippen molar-refractivity contribution in [1.29, 1.82) is 0 Å². The number of aromatic nitrogens is 2. The van der Waals surface area contributed by atoms with E-state index in [1.165, 1.54) is 25.0 Å². The quantitative estimate of drug-likeness (QED) is 0.838. The largest absolute Gasteiger partial charge is 0.327 e. The van der Waals surface area contributed by atoms with E-state index in [4.69, 9.17) is 5.73 Å². The van der Waals surface area contributed by atoms with E-state index in [1.807, 2.05) is 17.9 Å². The monoisotopic (exact) mass is 219 g/mol. The van der Waals surface area contributed by atoms with E-state index in [9.17, 15) is 0 Å². The van der Waals surface area contributed by atoms with Crippen LogP contribution in [-0.4, -0.2) is 15.8 Å². The average molecular weight is 219 g/mol. The summed E-state index contributed by atoms with van der Waals surface area (Å²) in [4.78, 5) is 0. The van der Waals surface area contributed by atoms with Crippen molar-refractivity contribution >= 4 is 0 Å². The molecule has 3 heteroatoms. The highest BCUT2D eigenvalue weighted by atomic mass is 15.2. The van der Waals surface area contributed by atoms with Crippen LogP contribution in [0.2, 0.25) is 0 Å². The Balaban J connectivity index is 1.51.